The number of aromatic nitrogens is 1. The number of benzene rings is 1. The molecule has 3 rings (SSSR count). The van der Waals surface area contributed by atoms with Gasteiger partial charge in [-0.1, -0.05) is 12.1 Å². The molecule has 1 unspecified atom stereocenters. The maximum absolute atomic E-state index is 12.7. The highest BCUT2D eigenvalue weighted by Gasteiger charge is 2.29. The Bertz CT molecular complexity index is 618. The summed E-state index contributed by atoms with van der Waals surface area (Å²) in [5, 5.41) is 10.4. The number of aryl methyl sites for hydroxylation is 1. The summed E-state index contributed by atoms with van der Waals surface area (Å²) in [6.07, 6.45) is 3.83. The van der Waals surface area contributed by atoms with Gasteiger partial charge in [-0.05, 0) is 25.0 Å². The number of rotatable bonds is 2. The molecule has 1 saturated heterocycles. The Balaban J connectivity index is 2.04. The molecule has 2 aromatic rings. The Morgan fingerprint density at radius 3 is 3.05 bits per heavy atom. The van der Waals surface area contributed by atoms with Gasteiger partial charge >= 0.3 is 0 Å². The van der Waals surface area contributed by atoms with E-state index in [1.165, 1.54) is 0 Å². The highest BCUT2D eigenvalue weighted by molar-refractivity contribution is 6.06. The van der Waals surface area contributed by atoms with E-state index in [2.05, 4.69) is 0 Å². The van der Waals surface area contributed by atoms with Crippen molar-refractivity contribution in [2.45, 2.75) is 18.9 Å². The van der Waals surface area contributed by atoms with Crippen LogP contribution in [0.4, 0.5) is 0 Å². The summed E-state index contributed by atoms with van der Waals surface area (Å²) in [6, 6.07) is 7.79. The summed E-state index contributed by atoms with van der Waals surface area (Å²) < 4.78 is 1.98. The monoisotopic (exact) mass is 258 g/mol. The molecule has 4 nitrogen and oxygen atoms in total. The fourth-order valence-corrected chi connectivity index (χ4v) is 2.98. The fourth-order valence-electron chi connectivity index (χ4n) is 2.98. The van der Waals surface area contributed by atoms with E-state index in [-0.39, 0.29) is 18.6 Å². The first-order valence-corrected chi connectivity index (χ1v) is 6.68. The van der Waals surface area contributed by atoms with Crippen LogP contribution in [0, 0.1) is 0 Å². The Hall–Kier alpha value is -1.81. The van der Waals surface area contributed by atoms with Crippen molar-refractivity contribution in [2.24, 2.45) is 7.05 Å². The number of para-hydroxylation sites is 1. The lowest BCUT2D eigenvalue weighted by atomic mass is 10.1. The normalized spacial score (nSPS) is 19.3. The summed E-state index contributed by atoms with van der Waals surface area (Å²) >= 11 is 0. The van der Waals surface area contributed by atoms with Gasteiger partial charge < -0.3 is 14.6 Å². The minimum atomic E-state index is -0.0250. The van der Waals surface area contributed by atoms with Crippen LogP contribution in [0.5, 0.6) is 0 Å². The average Bonchev–Trinajstić information content (AvgIpc) is 3.04. The van der Waals surface area contributed by atoms with Crippen molar-refractivity contribution in [2.75, 3.05) is 13.2 Å². The van der Waals surface area contributed by atoms with E-state index in [1.54, 1.807) is 0 Å². The quantitative estimate of drug-likeness (QED) is 0.892. The molecular weight excluding hydrogens is 240 g/mol. The first-order valence-electron chi connectivity index (χ1n) is 6.68. The molecule has 0 saturated carbocycles. The molecule has 1 aromatic carbocycles. The molecule has 19 heavy (non-hydrogen) atoms. The highest BCUT2D eigenvalue weighted by Crippen LogP contribution is 2.24. The van der Waals surface area contributed by atoms with Gasteiger partial charge in [0.05, 0.1) is 23.7 Å². The van der Waals surface area contributed by atoms with Gasteiger partial charge in [0.2, 0.25) is 0 Å². The van der Waals surface area contributed by atoms with Crippen molar-refractivity contribution in [3.05, 3.63) is 36.0 Å². The van der Waals surface area contributed by atoms with E-state index in [9.17, 15) is 9.90 Å². The lowest BCUT2D eigenvalue weighted by molar-refractivity contribution is 0.0679. The van der Waals surface area contributed by atoms with Crippen LogP contribution in [-0.2, 0) is 7.05 Å². The van der Waals surface area contributed by atoms with Crippen molar-refractivity contribution in [3.63, 3.8) is 0 Å². The van der Waals surface area contributed by atoms with Crippen molar-refractivity contribution >= 4 is 16.8 Å². The Morgan fingerprint density at radius 1 is 1.42 bits per heavy atom. The molecule has 0 spiro atoms. The van der Waals surface area contributed by atoms with Crippen molar-refractivity contribution in [3.8, 4) is 0 Å². The van der Waals surface area contributed by atoms with Crippen LogP contribution in [0.25, 0.3) is 10.9 Å². The van der Waals surface area contributed by atoms with Gasteiger partial charge in [0.15, 0.2) is 0 Å². The van der Waals surface area contributed by atoms with Gasteiger partial charge in [-0.25, -0.2) is 0 Å². The number of amides is 1. The second-order valence-electron chi connectivity index (χ2n) is 5.15. The number of aliphatic hydroxyl groups excluding tert-OH is 1. The molecule has 1 aliphatic rings. The summed E-state index contributed by atoms with van der Waals surface area (Å²) in [7, 11) is 1.95. The number of hydrogen-bond acceptors (Lipinski definition) is 2. The second-order valence-corrected chi connectivity index (χ2v) is 5.15. The number of nitrogens with zero attached hydrogens (tertiary/aromatic N) is 2. The van der Waals surface area contributed by atoms with Crippen molar-refractivity contribution in [1.82, 2.24) is 9.47 Å². The largest absolute Gasteiger partial charge is 0.394 e. The Morgan fingerprint density at radius 2 is 2.26 bits per heavy atom. The maximum atomic E-state index is 12.7. The third-order valence-electron chi connectivity index (χ3n) is 3.98. The van der Waals surface area contributed by atoms with Crippen molar-refractivity contribution in [1.29, 1.82) is 0 Å². The van der Waals surface area contributed by atoms with E-state index in [0.717, 1.165) is 35.9 Å². The fraction of sp³-hybridized carbons (Fsp3) is 0.400. The number of hydrogen-bond donors (Lipinski definition) is 1. The zero-order valence-corrected chi connectivity index (χ0v) is 11.0. The maximum Gasteiger partial charge on any atom is 0.256 e. The lowest BCUT2D eigenvalue weighted by Crippen LogP contribution is -2.37. The summed E-state index contributed by atoms with van der Waals surface area (Å²) in [5.41, 5.74) is 1.70. The molecule has 100 valence electrons. The number of aliphatic hydroxyl groups is 1. The molecule has 1 aliphatic heterocycles. The third-order valence-corrected chi connectivity index (χ3v) is 3.98. The second kappa shape index (κ2) is 4.70. The summed E-state index contributed by atoms with van der Waals surface area (Å²) in [5.74, 6) is 0.0314. The third kappa shape index (κ3) is 1.92. The minimum absolute atomic E-state index is 0.0250. The molecule has 1 atom stereocenters. The predicted octanol–water partition coefficient (Wildman–Crippen LogP) is 1.78. The first-order chi connectivity index (χ1) is 9.22. The van der Waals surface area contributed by atoms with Gasteiger partial charge in [0.25, 0.3) is 5.91 Å². The number of fused-ring (bicyclic) bond motifs is 1. The molecule has 1 amide bonds. The molecule has 1 N–H and O–H groups in total. The minimum Gasteiger partial charge on any atom is -0.394 e. The van der Waals surface area contributed by atoms with Gasteiger partial charge in [0.1, 0.15) is 0 Å². The van der Waals surface area contributed by atoms with E-state index in [1.807, 2.05) is 47.0 Å². The first kappa shape index (κ1) is 12.2. The van der Waals surface area contributed by atoms with E-state index >= 15 is 0 Å². The summed E-state index contributed by atoms with van der Waals surface area (Å²) in [4.78, 5) is 14.5. The lowest BCUT2D eigenvalue weighted by Gasteiger charge is -2.23. The molecular formula is C15H18N2O2. The standard InChI is InChI=1S/C15H18N2O2/c1-16-9-7-11-4-2-6-13(14(11)16)15(19)17-8-3-5-12(17)10-18/h2,4,6-7,9,12,18H,3,5,8,10H2,1H3. The molecule has 1 aromatic heterocycles. The van der Waals surface area contributed by atoms with Crippen LogP contribution in [0.1, 0.15) is 23.2 Å². The van der Waals surface area contributed by atoms with Crippen LogP contribution in [0.15, 0.2) is 30.5 Å². The number of carbonyl (C=O) groups excluding carboxylic acids is 1. The van der Waals surface area contributed by atoms with Crippen molar-refractivity contribution < 1.29 is 9.90 Å². The van der Waals surface area contributed by atoms with Crippen LogP contribution in [0.2, 0.25) is 0 Å². The smallest absolute Gasteiger partial charge is 0.256 e. The zero-order valence-electron chi connectivity index (χ0n) is 11.0. The number of likely N-dealkylation sites (tertiary alicyclic amines) is 1. The molecule has 0 radical (unpaired) electrons. The number of carbonyl (C=O) groups is 1. The van der Waals surface area contributed by atoms with Crippen LogP contribution < -0.4 is 0 Å². The highest BCUT2D eigenvalue weighted by atomic mass is 16.3. The van der Waals surface area contributed by atoms with Gasteiger partial charge in [0, 0.05) is 25.2 Å². The van der Waals surface area contributed by atoms with Crippen LogP contribution in [-0.4, -0.2) is 39.7 Å². The zero-order chi connectivity index (χ0) is 13.4. The molecule has 0 aliphatic carbocycles. The molecule has 1 fully saturated rings. The van der Waals surface area contributed by atoms with E-state index in [4.69, 9.17) is 0 Å². The van der Waals surface area contributed by atoms with Gasteiger partial charge in [-0.15, -0.1) is 0 Å². The topological polar surface area (TPSA) is 45.5 Å². The van der Waals surface area contributed by atoms with E-state index < -0.39 is 0 Å². The van der Waals surface area contributed by atoms with Crippen LogP contribution >= 0.6 is 0 Å². The Kier molecular flexibility index (Phi) is 3.03. The Labute approximate surface area is 112 Å². The van der Waals surface area contributed by atoms with Crippen LogP contribution in [0.3, 0.4) is 0 Å². The predicted molar refractivity (Wildman–Crippen MR) is 74.1 cm³/mol. The molecule has 4 heteroatoms. The van der Waals surface area contributed by atoms with Gasteiger partial charge in [-0.3, -0.25) is 4.79 Å². The SMILES string of the molecule is Cn1ccc2cccc(C(=O)N3CCCC3CO)c21. The molecule has 0 bridgehead atoms. The average molecular weight is 258 g/mol. The van der Waals surface area contributed by atoms with Gasteiger partial charge in [-0.2, -0.15) is 0 Å². The van der Waals surface area contributed by atoms with E-state index in [0.29, 0.717) is 0 Å². The molecule has 2 heterocycles. The summed E-state index contributed by atoms with van der Waals surface area (Å²) in [6.45, 7) is 0.791.